The molecular formula is C24H31N3O3. The largest absolute Gasteiger partial charge is 0.497 e. The Hall–Kier alpha value is -2.99. The molecule has 1 aliphatic rings. The molecule has 0 heterocycles. The molecule has 0 spiro atoms. The number of nitrogens with zero attached hydrogens (tertiary/aromatic N) is 1. The van der Waals surface area contributed by atoms with E-state index in [-0.39, 0.29) is 6.10 Å². The van der Waals surface area contributed by atoms with Crippen molar-refractivity contribution >= 4 is 5.84 Å². The monoisotopic (exact) mass is 409 g/mol. The molecule has 0 fully saturated rings. The lowest BCUT2D eigenvalue weighted by molar-refractivity contribution is 0.115. The van der Waals surface area contributed by atoms with Crippen molar-refractivity contribution in [3.8, 4) is 11.5 Å². The molecule has 0 bridgehead atoms. The molecule has 3 rings (SSSR count). The van der Waals surface area contributed by atoms with Crippen molar-refractivity contribution in [2.24, 2.45) is 5.73 Å². The average molecular weight is 410 g/mol. The second-order valence-corrected chi connectivity index (χ2v) is 7.42. The number of hydrogen-bond acceptors (Lipinski definition) is 5. The van der Waals surface area contributed by atoms with Gasteiger partial charge in [-0.2, -0.15) is 0 Å². The summed E-state index contributed by atoms with van der Waals surface area (Å²) in [5.41, 5.74) is 10.1. The first-order valence-corrected chi connectivity index (χ1v) is 10.2. The van der Waals surface area contributed by atoms with E-state index in [0.717, 1.165) is 47.5 Å². The number of benzene rings is 2. The molecule has 30 heavy (non-hydrogen) atoms. The predicted octanol–water partition coefficient (Wildman–Crippen LogP) is 4.09. The van der Waals surface area contributed by atoms with Crippen molar-refractivity contribution in [2.75, 3.05) is 21.3 Å². The maximum Gasteiger partial charge on any atom is 0.127 e. The van der Waals surface area contributed by atoms with E-state index in [9.17, 15) is 0 Å². The minimum absolute atomic E-state index is 0.122. The molecule has 0 amide bonds. The Bertz CT molecular complexity index is 896. The van der Waals surface area contributed by atoms with Gasteiger partial charge in [0.2, 0.25) is 0 Å². The van der Waals surface area contributed by atoms with Gasteiger partial charge in [-0.3, -0.25) is 5.41 Å². The van der Waals surface area contributed by atoms with Gasteiger partial charge in [0.05, 0.1) is 20.3 Å². The maximum absolute atomic E-state index is 9.01. The van der Waals surface area contributed by atoms with Crippen LogP contribution in [0.2, 0.25) is 0 Å². The first kappa shape index (κ1) is 21.7. The fourth-order valence-corrected chi connectivity index (χ4v) is 3.86. The second-order valence-electron chi connectivity index (χ2n) is 7.42. The molecule has 0 saturated carbocycles. The molecule has 2 aromatic rings. The highest BCUT2D eigenvalue weighted by molar-refractivity contribution is 5.96. The Balaban J connectivity index is 1.94. The number of amidine groups is 1. The first-order chi connectivity index (χ1) is 14.6. The highest BCUT2D eigenvalue weighted by atomic mass is 16.5. The van der Waals surface area contributed by atoms with Gasteiger partial charge in [-0.15, -0.1) is 0 Å². The van der Waals surface area contributed by atoms with E-state index in [0.29, 0.717) is 24.6 Å². The number of nitrogens with one attached hydrogen (secondary N) is 1. The van der Waals surface area contributed by atoms with Crippen LogP contribution >= 0.6 is 0 Å². The molecule has 0 unspecified atom stereocenters. The molecule has 0 aromatic heterocycles. The summed E-state index contributed by atoms with van der Waals surface area (Å²) in [6, 6.07) is 15.9. The quantitative estimate of drug-likeness (QED) is 0.507. The zero-order valence-electron chi connectivity index (χ0n) is 18.0. The highest BCUT2D eigenvalue weighted by Gasteiger charge is 2.26. The minimum Gasteiger partial charge on any atom is -0.497 e. The Morgan fingerprint density at radius 1 is 1.07 bits per heavy atom. The molecule has 1 atom stereocenters. The van der Waals surface area contributed by atoms with E-state index in [1.165, 1.54) is 0 Å². The normalized spacial score (nSPS) is 16.3. The molecule has 6 nitrogen and oxygen atoms in total. The lowest BCUT2D eigenvalue weighted by Crippen LogP contribution is -2.36. The van der Waals surface area contributed by atoms with Crippen molar-refractivity contribution in [3.05, 3.63) is 70.9 Å². The number of hydrogen-bond donors (Lipinski definition) is 2. The number of nitrogens with two attached hydrogens (primary N) is 1. The second kappa shape index (κ2) is 10.2. The van der Waals surface area contributed by atoms with Gasteiger partial charge in [0.25, 0.3) is 0 Å². The van der Waals surface area contributed by atoms with Crippen molar-refractivity contribution in [2.45, 2.75) is 38.5 Å². The summed E-state index contributed by atoms with van der Waals surface area (Å²) >= 11 is 0. The van der Waals surface area contributed by atoms with Crippen LogP contribution in [0.15, 0.2) is 59.8 Å². The van der Waals surface area contributed by atoms with Crippen LogP contribution in [0, 0.1) is 5.41 Å². The molecule has 2 aromatic carbocycles. The smallest absolute Gasteiger partial charge is 0.127 e. The van der Waals surface area contributed by atoms with Crippen molar-refractivity contribution in [3.63, 3.8) is 0 Å². The van der Waals surface area contributed by atoms with Gasteiger partial charge < -0.3 is 24.8 Å². The summed E-state index contributed by atoms with van der Waals surface area (Å²) in [7, 11) is 4.96. The third-order valence-corrected chi connectivity index (χ3v) is 5.55. The zero-order chi connectivity index (χ0) is 21.5. The number of methoxy groups -OCH3 is 3. The molecule has 0 saturated heterocycles. The van der Waals surface area contributed by atoms with Crippen LogP contribution in [0.4, 0.5) is 0 Å². The molecule has 1 aliphatic carbocycles. The molecule has 3 N–H and O–H groups in total. The Labute approximate surface area is 178 Å². The molecular weight excluding hydrogens is 378 g/mol. The van der Waals surface area contributed by atoms with Crippen LogP contribution in [0.25, 0.3) is 0 Å². The zero-order valence-corrected chi connectivity index (χ0v) is 18.0. The van der Waals surface area contributed by atoms with Crippen LogP contribution in [0.5, 0.6) is 11.5 Å². The SMILES string of the molecule is COc1ccc(CN(Cc2ccccc2)C(=N)C2=C(N)[C@@H](OC)CCC2)c(OC)c1. The topological polar surface area (TPSA) is 80.8 Å². The standard InChI is InChI=1S/C24H31N3O3/c1-28-19-13-12-18(22(14-19)30-3)16-27(15-17-8-5-4-6-9-17)24(26)20-10-7-11-21(29-2)23(20)25/h4-6,8-9,12-14,21,26H,7,10-11,15-16,25H2,1-3H3/t21-/m0/s1. The summed E-state index contributed by atoms with van der Waals surface area (Å²) in [5.74, 6) is 1.92. The van der Waals surface area contributed by atoms with Gasteiger partial charge in [-0.25, -0.2) is 0 Å². The Morgan fingerprint density at radius 3 is 2.50 bits per heavy atom. The van der Waals surface area contributed by atoms with Crippen molar-refractivity contribution in [1.29, 1.82) is 5.41 Å². The molecule has 0 aliphatic heterocycles. The maximum atomic E-state index is 9.01. The third kappa shape index (κ3) is 4.94. The van der Waals surface area contributed by atoms with Gasteiger partial charge >= 0.3 is 0 Å². The van der Waals surface area contributed by atoms with Crippen LogP contribution in [0.1, 0.15) is 30.4 Å². The predicted molar refractivity (Wildman–Crippen MR) is 119 cm³/mol. The lowest BCUT2D eigenvalue weighted by atomic mass is 9.92. The van der Waals surface area contributed by atoms with Gasteiger partial charge in [0.1, 0.15) is 17.3 Å². The van der Waals surface area contributed by atoms with Crippen LogP contribution in [-0.4, -0.2) is 38.2 Å². The summed E-state index contributed by atoms with van der Waals surface area (Å²) in [4.78, 5) is 2.04. The fourth-order valence-electron chi connectivity index (χ4n) is 3.86. The van der Waals surface area contributed by atoms with E-state index in [2.05, 4.69) is 12.1 Å². The minimum atomic E-state index is -0.122. The summed E-state index contributed by atoms with van der Waals surface area (Å²) in [6.45, 7) is 1.12. The van der Waals surface area contributed by atoms with Gasteiger partial charge in [-0.1, -0.05) is 30.3 Å². The third-order valence-electron chi connectivity index (χ3n) is 5.55. The Morgan fingerprint density at radius 2 is 1.83 bits per heavy atom. The van der Waals surface area contributed by atoms with E-state index < -0.39 is 0 Å². The van der Waals surface area contributed by atoms with E-state index in [1.54, 1.807) is 21.3 Å². The number of rotatable bonds is 8. The van der Waals surface area contributed by atoms with Gasteiger partial charge in [0.15, 0.2) is 0 Å². The highest BCUT2D eigenvalue weighted by Crippen LogP contribution is 2.29. The lowest BCUT2D eigenvalue weighted by Gasteiger charge is -2.32. The first-order valence-electron chi connectivity index (χ1n) is 10.2. The van der Waals surface area contributed by atoms with Crippen molar-refractivity contribution < 1.29 is 14.2 Å². The summed E-state index contributed by atoms with van der Waals surface area (Å²) in [6.07, 6.45) is 2.52. The number of ether oxygens (including phenoxy) is 3. The van der Waals surface area contributed by atoms with Crippen LogP contribution in [0.3, 0.4) is 0 Å². The molecule has 0 radical (unpaired) electrons. The van der Waals surface area contributed by atoms with Crippen LogP contribution < -0.4 is 15.2 Å². The van der Waals surface area contributed by atoms with E-state index in [1.807, 2.05) is 41.3 Å². The van der Waals surface area contributed by atoms with Gasteiger partial charge in [0, 0.05) is 43.1 Å². The summed E-state index contributed by atoms with van der Waals surface area (Å²) < 4.78 is 16.4. The van der Waals surface area contributed by atoms with Crippen LogP contribution in [-0.2, 0) is 17.8 Å². The van der Waals surface area contributed by atoms with E-state index >= 15 is 0 Å². The van der Waals surface area contributed by atoms with E-state index in [4.69, 9.17) is 25.4 Å². The molecule has 6 heteroatoms. The van der Waals surface area contributed by atoms with Gasteiger partial charge in [-0.05, 0) is 37.0 Å². The summed E-state index contributed by atoms with van der Waals surface area (Å²) in [5, 5.41) is 9.01. The molecule has 160 valence electrons. The Kier molecular flexibility index (Phi) is 7.36. The van der Waals surface area contributed by atoms with Crippen molar-refractivity contribution in [1.82, 2.24) is 4.90 Å². The average Bonchev–Trinajstić information content (AvgIpc) is 2.79. The fraction of sp³-hybridized carbons (Fsp3) is 0.375.